The molecule has 0 atom stereocenters. The Morgan fingerprint density at radius 2 is 2.14 bits per heavy atom. The number of carbonyl (C=O) groups excluding carboxylic acids is 1. The van der Waals surface area contributed by atoms with E-state index in [0.717, 1.165) is 6.92 Å². The predicted molar refractivity (Wildman–Crippen MR) is 44.7 cm³/mol. The number of aromatic hydroxyl groups is 1. The monoisotopic (exact) mass is 199 g/mol. The Morgan fingerprint density at radius 1 is 1.57 bits per heavy atom. The van der Waals surface area contributed by atoms with E-state index in [-0.39, 0.29) is 5.56 Å². The first-order valence-electron chi connectivity index (χ1n) is 3.61. The van der Waals surface area contributed by atoms with Gasteiger partial charge in [-0.05, 0) is 13.0 Å². The van der Waals surface area contributed by atoms with Gasteiger partial charge in [-0.15, -0.1) is 0 Å². The summed E-state index contributed by atoms with van der Waals surface area (Å²) in [6.07, 6.45) is 0. The second kappa shape index (κ2) is 3.41. The molecule has 0 radical (unpaired) electrons. The fraction of sp³-hybridized carbons (Fsp3) is 0.125. The van der Waals surface area contributed by atoms with Gasteiger partial charge in [-0.2, -0.15) is 0 Å². The lowest BCUT2D eigenvalue weighted by Crippen LogP contribution is -2.00. The zero-order chi connectivity index (χ0) is 10.9. The molecule has 0 aliphatic rings. The number of phenolic OH excluding ortho intramolecular Hbond substituents is 1. The average Bonchev–Trinajstić information content (AvgIpc) is 2.08. The third kappa shape index (κ3) is 1.68. The maximum Gasteiger partial charge on any atom is 0.284 e. The Morgan fingerprint density at radius 3 is 2.57 bits per heavy atom. The normalized spacial score (nSPS) is 9.86. The second-order valence-corrected chi connectivity index (χ2v) is 2.63. The molecule has 0 unspecified atom stereocenters. The summed E-state index contributed by atoms with van der Waals surface area (Å²) >= 11 is 0. The number of carbonyl (C=O) groups is 1. The second-order valence-electron chi connectivity index (χ2n) is 2.63. The first-order valence-corrected chi connectivity index (χ1v) is 3.61. The van der Waals surface area contributed by atoms with Crippen LogP contribution < -0.4 is 0 Å². The van der Waals surface area contributed by atoms with E-state index in [1.165, 1.54) is 0 Å². The van der Waals surface area contributed by atoms with Gasteiger partial charge in [0.25, 0.3) is 5.69 Å². The van der Waals surface area contributed by atoms with Crippen LogP contribution in [0.2, 0.25) is 0 Å². The van der Waals surface area contributed by atoms with Gasteiger partial charge >= 0.3 is 0 Å². The van der Waals surface area contributed by atoms with E-state index >= 15 is 0 Å². The van der Waals surface area contributed by atoms with E-state index in [1.807, 2.05) is 0 Å². The fourth-order valence-electron chi connectivity index (χ4n) is 0.984. The zero-order valence-corrected chi connectivity index (χ0v) is 7.15. The van der Waals surface area contributed by atoms with Crippen molar-refractivity contribution in [3.05, 3.63) is 33.6 Å². The number of phenols is 1. The third-order valence-corrected chi connectivity index (χ3v) is 1.64. The van der Waals surface area contributed by atoms with Crippen molar-refractivity contribution in [2.24, 2.45) is 0 Å². The highest BCUT2D eigenvalue weighted by Gasteiger charge is 2.20. The van der Waals surface area contributed by atoms with Crippen LogP contribution in [0, 0.1) is 15.9 Å². The maximum absolute atomic E-state index is 12.8. The van der Waals surface area contributed by atoms with Crippen LogP contribution in [0.4, 0.5) is 10.1 Å². The number of halogens is 1. The zero-order valence-electron chi connectivity index (χ0n) is 7.15. The first kappa shape index (κ1) is 10.1. The van der Waals surface area contributed by atoms with Crippen molar-refractivity contribution in [1.82, 2.24) is 0 Å². The summed E-state index contributed by atoms with van der Waals surface area (Å²) in [5.41, 5.74) is -0.957. The molecule has 14 heavy (non-hydrogen) atoms. The lowest BCUT2D eigenvalue weighted by atomic mass is 10.1. The number of hydrogen-bond donors (Lipinski definition) is 1. The summed E-state index contributed by atoms with van der Waals surface area (Å²) in [5.74, 6) is -2.53. The van der Waals surface area contributed by atoms with Crippen LogP contribution in [0.5, 0.6) is 5.75 Å². The summed E-state index contributed by atoms with van der Waals surface area (Å²) in [4.78, 5) is 20.4. The lowest BCUT2D eigenvalue weighted by molar-refractivity contribution is -0.385. The predicted octanol–water partition coefficient (Wildman–Crippen LogP) is 1.64. The topological polar surface area (TPSA) is 80.4 Å². The molecule has 0 fully saturated rings. The number of ketones is 1. The molecule has 0 aromatic heterocycles. The van der Waals surface area contributed by atoms with Gasteiger partial charge in [-0.1, -0.05) is 0 Å². The van der Waals surface area contributed by atoms with Crippen molar-refractivity contribution in [3.8, 4) is 5.75 Å². The molecule has 0 amide bonds. The third-order valence-electron chi connectivity index (χ3n) is 1.64. The van der Waals surface area contributed by atoms with Crippen LogP contribution in [0.25, 0.3) is 0 Å². The minimum absolute atomic E-state index is 0.356. The molecule has 0 saturated carbocycles. The maximum atomic E-state index is 12.8. The van der Waals surface area contributed by atoms with E-state index in [0.29, 0.717) is 12.1 Å². The molecular formula is C8H6FNO4. The summed E-state index contributed by atoms with van der Waals surface area (Å²) in [7, 11) is 0. The van der Waals surface area contributed by atoms with E-state index in [9.17, 15) is 19.3 Å². The number of Topliss-reactive ketones (excluding diaryl/α,β-unsaturated/α-hetero) is 1. The van der Waals surface area contributed by atoms with Crippen molar-refractivity contribution in [2.45, 2.75) is 6.92 Å². The molecule has 74 valence electrons. The van der Waals surface area contributed by atoms with Crippen LogP contribution >= 0.6 is 0 Å². The Bertz CT molecular complexity index is 377. The van der Waals surface area contributed by atoms with Crippen molar-refractivity contribution in [3.63, 3.8) is 0 Å². The van der Waals surface area contributed by atoms with Gasteiger partial charge in [-0.3, -0.25) is 14.9 Å². The Balaban J connectivity index is 3.46. The number of nitro benzene ring substituents is 1. The fourth-order valence-corrected chi connectivity index (χ4v) is 0.984. The molecule has 0 saturated heterocycles. The molecule has 1 N–H and O–H groups in total. The van der Waals surface area contributed by atoms with Crippen LogP contribution in [0.1, 0.15) is 17.3 Å². The Kier molecular flexibility index (Phi) is 2.46. The minimum Gasteiger partial charge on any atom is -0.505 e. The number of benzene rings is 1. The molecule has 0 bridgehead atoms. The number of hydrogen-bond acceptors (Lipinski definition) is 4. The Labute approximate surface area is 77.9 Å². The standard InChI is InChI=1S/C8H6FNO4/c1-4(11)5-2-6(9)8(12)3-7(5)10(13)14/h2-3,12H,1H3. The van der Waals surface area contributed by atoms with Crippen LogP contribution in [-0.4, -0.2) is 15.8 Å². The molecule has 1 rings (SSSR count). The summed E-state index contributed by atoms with van der Waals surface area (Å²) in [6, 6.07) is 1.27. The van der Waals surface area contributed by atoms with E-state index < -0.39 is 28.0 Å². The highest BCUT2D eigenvalue weighted by molar-refractivity contribution is 5.98. The quantitative estimate of drug-likeness (QED) is 0.446. The summed E-state index contributed by atoms with van der Waals surface area (Å²) < 4.78 is 12.8. The molecule has 6 heteroatoms. The molecule has 5 nitrogen and oxygen atoms in total. The van der Waals surface area contributed by atoms with Gasteiger partial charge in [-0.25, -0.2) is 4.39 Å². The summed E-state index contributed by atoms with van der Waals surface area (Å²) in [6.45, 7) is 1.08. The highest BCUT2D eigenvalue weighted by Crippen LogP contribution is 2.27. The van der Waals surface area contributed by atoms with Gasteiger partial charge in [0.2, 0.25) is 0 Å². The van der Waals surface area contributed by atoms with E-state index in [4.69, 9.17) is 5.11 Å². The minimum atomic E-state index is -1.05. The van der Waals surface area contributed by atoms with Crippen molar-refractivity contribution in [2.75, 3.05) is 0 Å². The molecule has 0 heterocycles. The molecule has 0 aliphatic heterocycles. The molecule has 0 spiro atoms. The van der Waals surface area contributed by atoms with Crippen LogP contribution in [0.3, 0.4) is 0 Å². The molecular weight excluding hydrogens is 193 g/mol. The van der Waals surface area contributed by atoms with Crippen LogP contribution in [-0.2, 0) is 0 Å². The number of nitrogens with zero attached hydrogens (tertiary/aromatic N) is 1. The SMILES string of the molecule is CC(=O)c1cc(F)c(O)cc1[N+](=O)[O-]. The van der Waals surface area contributed by atoms with Gasteiger partial charge in [0.15, 0.2) is 17.3 Å². The first-order chi connectivity index (χ1) is 6.43. The van der Waals surface area contributed by atoms with Crippen LogP contribution in [0.15, 0.2) is 12.1 Å². The van der Waals surface area contributed by atoms with Crippen molar-refractivity contribution < 1.29 is 19.2 Å². The van der Waals surface area contributed by atoms with E-state index in [1.54, 1.807) is 0 Å². The molecule has 0 aliphatic carbocycles. The van der Waals surface area contributed by atoms with Gasteiger partial charge < -0.3 is 5.11 Å². The van der Waals surface area contributed by atoms with Crippen molar-refractivity contribution in [1.29, 1.82) is 0 Å². The van der Waals surface area contributed by atoms with Gasteiger partial charge in [0.05, 0.1) is 16.6 Å². The van der Waals surface area contributed by atoms with Crippen molar-refractivity contribution >= 4 is 11.5 Å². The smallest absolute Gasteiger partial charge is 0.284 e. The highest BCUT2D eigenvalue weighted by atomic mass is 19.1. The summed E-state index contributed by atoms with van der Waals surface area (Å²) in [5, 5.41) is 19.3. The number of nitro groups is 1. The molecule has 1 aromatic rings. The Hall–Kier alpha value is -1.98. The average molecular weight is 199 g/mol. The largest absolute Gasteiger partial charge is 0.505 e. The van der Waals surface area contributed by atoms with Gasteiger partial charge in [0.1, 0.15) is 0 Å². The molecule has 1 aromatic carbocycles. The van der Waals surface area contributed by atoms with E-state index in [2.05, 4.69) is 0 Å². The van der Waals surface area contributed by atoms with Gasteiger partial charge in [0, 0.05) is 0 Å². The lowest BCUT2D eigenvalue weighted by Gasteiger charge is -2.00. The number of rotatable bonds is 2.